The van der Waals surface area contributed by atoms with E-state index in [4.69, 9.17) is 0 Å². The molecule has 1 aliphatic rings. The summed E-state index contributed by atoms with van der Waals surface area (Å²) in [6.07, 6.45) is 2.39. The average molecular weight is 257 g/mol. The number of hydrogen-bond acceptors (Lipinski definition) is 4. The number of carbonyl (C=O) groups excluding carboxylic acids is 1. The van der Waals surface area contributed by atoms with E-state index < -0.39 is 0 Å². The Morgan fingerprint density at radius 1 is 1.41 bits per heavy atom. The lowest BCUT2D eigenvalue weighted by Gasteiger charge is -2.33. The second-order valence-corrected chi connectivity index (χ2v) is 5.49. The van der Waals surface area contributed by atoms with E-state index in [1.165, 1.54) is 19.8 Å². The highest BCUT2D eigenvalue weighted by atomic mass is 32.2. The van der Waals surface area contributed by atoms with Gasteiger partial charge in [0.05, 0.1) is 0 Å². The van der Waals surface area contributed by atoms with Gasteiger partial charge in [0.2, 0.25) is 5.91 Å². The Labute approximate surface area is 108 Å². The number of aliphatic imine (C=N–C) groups is 1. The van der Waals surface area contributed by atoms with E-state index in [2.05, 4.69) is 29.5 Å². The molecule has 0 aliphatic carbocycles. The number of nitrogens with one attached hydrogen (secondary N) is 2. The molecule has 0 spiro atoms. The topological polar surface area (TPSA) is 53.5 Å². The Morgan fingerprint density at radius 2 is 2.12 bits per heavy atom. The maximum Gasteiger partial charge on any atom is 0.216 e. The third-order valence-corrected chi connectivity index (χ3v) is 4.65. The van der Waals surface area contributed by atoms with Crippen molar-refractivity contribution in [1.82, 2.24) is 10.6 Å². The molecular formula is C12H23N3OS. The van der Waals surface area contributed by atoms with Crippen LogP contribution in [-0.4, -0.2) is 36.5 Å². The minimum absolute atomic E-state index is 0.0148. The van der Waals surface area contributed by atoms with Gasteiger partial charge >= 0.3 is 0 Å². The van der Waals surface area contributed by atoms with Crippen molar-refractivity contribution in [2.45, 2.75) is 33.6 Å². The summed E-state index contributed by atoms with van der Waals surface area (Å²) in [5.74, 6) is 1.16. The summed E-state index contributed by atoms with van der Waals surface area (Å²) in [4.78, 5) is 15.3. The molecule has 0 saturated carbocycles. The van der Waals surface area contributed by atoms with Crippen LogP contribution >= 0.6 is 11.8 Å². The van der Waals surface area contributed by atoms with E-state index in [1.54, 1.807) is 11.8 Å². The SMILES string of the molecule is CCC1(CC)CN=C(NCCNC(C)=O)SC1. The first-order chi connectivity index (χ1) is 8.12. The van der Waals surface area contributed by atoms with Crippen LogP contribution in [0.5, 0.6) is 0 Å². The lowest BCUT2D eigenvalue weighted by atomic mass is 9.84. The van der Waals surface area contributed by atoms with Gasteiger partial charge in [0.15, 0.2) is 5.17 Å². The van der Waals surface area contributed by atoms with Gasteiger partial charge in [-0.15, -0.1) is 0 Å². The molecule has 1 amide bonds. The average Bonchev–Trinajstić information content (AvgIpc) is 2.35. The molecule has 0 aromatic carbocycles. The van der Waals surface area contributed by atoms with Crippen LogP contribution in [0.15, 0.2) is 4.99 Å². The highest BCUT2D eigenvalue weighted by Gasteiger charge is 2.29. The van der Waals surface area contributed by atoms with Crippen LogP contribution in [0.1, 0.15) is 33.6 Å². The van der Waals surface area contributed by atoms with Gasteiger partial charge in [-0.05, 0) is 18.3 Å². The monoisotopic (exact) mass is 257 g/mol. The maximum atomic E-state index is 10.7. The predicted molar refractivity (Wildman–Crippen MR) is 74.5 cm³/mol. The highest BCUT2D eigenvalue weighted by molar-refractivity contribution is 8.13. The molecular weight excluding hydrogens is 234 g/mol. The van der Waals surface area contributed by atoms with Gasteiger partial charge in [0.25, 0.3) is 0 Å². The molecule has 0 atom stereocenters. The Kier molecular flexibility index (Phi) is 5.82. The molecule has 0 unspecified atom stereocenters. The maximum absolute atomic E-state index is 10.7. The first-order valence-electron chi connectivity index (χ1n) is 6.27. The second-order valence-electron chi connectivity index (χ2n) is 4.53. The number of thioether (sulfide) groups is 1. The van der Waals surface area contributed by atoms with E-state index >= 15 is 0 Å². The summed E-state index contributed by atoms with van der Waals surface area (Å²) in [6.45, 7) is 8.35. The number of carbonyl (C=O) groups is 1. The van der Waals surface area contributed by atoms with Gasteiger partial charge in [-0.2, -0.15) is 0 Å². The molecule has 2 N–H and O–H groups in total. The van der Waals surface area contributed by atoms with Crippen molar-refractivity contribution in [3.05, 3.63) is 0 Å². The Bertz CT molecular complexity index is 287. The number of amidine groups is 1. The first-order valence-corrected chi connectivity index (χ1v) is 7.26. The van der Waals surface area contributed by atoms with Gasteiger partial charge in [-0.3, -0.25) is 9.79 Å². The molecule has 0 fully saturated rings. The summed E-state index contributed by atoms with van der Waals surface area (Å²) in [6, 6.07) is 0. The number of hydrogen-bond donors (Lipinski definition) is 2. The zero-order valence-electron chi connectivity index (χ0n) is 11.0. The molecule has 1 aliphatic heterocycles. The third-order valence-electron chi connectivity index (χ3n) is 3.35. The van der Waals surface area contributed by atoms with Gasteiger partial charge in [-0.1, -0.05) is 25.6 Å². The van der Waals surface area contributed by atoms with Crippen molar-refractivity contribution < 1.29 is 4.79 Å². The molecule has 98 valence electrons. The number of amides is 1. The predicted octanol–water partition coefficient (Wildman–Crippen LogP) is 1.62. The standard InChI is InChI=1S/C12H23N3OS/c1-4-12(5-2)8-15-11(17-9-12)14-7-6-13-10(3)16/h4-9H2,1-3H3,(H,13,16)(H,14,15). The molecule has 0 aromatic rings. The van der Waals surface area contributed by atoms with Gasteiger partial charge in [0.1, 0.15) is 0 Å². The summed E-state index contributed by atoms with van der Waals surface area (Å²) in [5, 5.41) is 7.04. The smallest absolute Gasteiger partial charge is 0.216 e. The van der Waals surface area contributed by atoms with Crippen LogP contribution < -0.4 is 10.6 Å². The summed E-state index contributed by atoms with van der Waals surface area (Å²) >= 11 is 1.80. The van der Waals surface area contributed by atoms with Crippen molar-refractivity contribution in [3.63, 3.8) is 0 Å². The fourth-order valence-electron chi connectivity index (χ4n) is 1.74. The van der Waals surface area contributed by atoms with Crippen LogP contribution in [0.2, 0.25) is 0 Å². The zero-order valence-corrected chi connectivity index (χ0v) is 11.8. The summed E-state index contributed by atoms with van der Waals surface area (Å²) in [5.41, 5.74) is 0.396. The van der Waals surface area contributed by atoms with Crippen LogP contribution in [0.25, 0.3) is 0 Å². The lowest BCUT2D eigenvalue weighted by molar-refractivity contribution is -0.118. The summed E-state index contributed by atoms with van der Waals surface area (Å²) in [7, 11) is 0. The Balaban J connectivity index is 2.29. The van der Waals surface area contributed by atoms with Crippen LogP contribution in [0.3, 0.4) is 0 Å². The highest BCUT2D eigenvalue weighted by Crippen LogP contribution is 2.34. The van der Waals surface area contributed by atoms with Crippen molar-refractivity contribution in [2.75, 3.05) is 25.4 Å². The minimum Gasteiger partial charge on any atom is -0.363 e. The van der Waals surface area contributed by atoms with Crippen LogP contribution in [-0.2, 0) is 4.79 Å². The molecule has 0 aromatic heterocycles. The fraction of sp³-hybridized carbons (Fsp3) is 0.833. The van der Waals surface area contributed by atoms with Crippen LogP contribution in [0, 0.1) is 5.41 Å². The minimum atomic E-state index is 0.0148. The molecule has 1 rings (SSSR count). The van der Waals surface area contributed by atoms with E-state index in [0.717, 1.165) is 24.0 Å². The van der Waals surface area contributed by atoms with Crippen molar-refractivity contribution in [2.24, 2.45) is 10.4 Å². The van der Waals surface area contributed by atoms with Crippen molar-refractivity contribution in [3.8, 4) is 0 Å². The lowest BCUT2D eigenvalue weighted by Crippen LogP contribution is -2.37. The normalized spacial score (nSPS) is 18.4. The molecule has 0 saturated heterocycles. The fourth-order valence-corrected chi connectivity index (χ4v) is 3.05. The van der Waals surface area contributed by atoms with E-state index in [0.29, 0.717) is 12.0 Å². The van der Waals surface area contributed by atoms with Gasteiger partial charge < -0.3 is 10.6 Å². The number of rotatable bonds is 5. The molecule has 5 heteroatoms. The zero-order chi connectivity index (χ0) is 12.7. The van der Waals surface area contributed by atoms with E-state index in [-0.39, 0.29) is 5.91 Å². The molecule has 17 heavy (non-hydrogen) atoms. The quantitative estimate of drug-likeness (QED) is 0.736. The van der Waals surface area contributed by atoms with E-state index in [9.17, 15) is 4.79 Å². The second kappa shape index (κ2) is 6.89. The molecule has 0 radical (unpaired) electrons. The largest absolute Gasteiger partial charge is 0.363 e. The van der Waals surface area contributed by atoms with E-state index in [1.807, 2.05) is 0 Å². The Morgan fingerprint density at radius 3 is 2.59 bits per heavy atom. The van der Waals surface area contributed by atoms with Crippen LogP contribution in [0.4, 0.5) is 0 Å². The van der Waals surface area contributed by atoms with Crippen molar-refractivity contribution >= 4 is 22.8 Å². The third kappa shape index (κ3) is 4.58. The van der Waals surface area contributed by atoms with Gasteiger partial charge in [-0.25, -0.2) is 0 Å². The van der Waals surface area contributed by atoms with Gasteiger partial charge in [0, 0.05) is 32.3 Å². The Hall–Kier alpha value is -0.710. The summed E-state index contributed by atoms with van der Waals surface area (Å²) < 4.78 is 0. The first kappa shape index (κ1) is 14.4. The molecule has 0 bridgehead atoms. The molecule has 4 nitrogen and oxygen atoms in total. The molecule has 1 heterocycles. The number of nitrogens with zero attached hydrogens (tertiary/aromatic N) is 1. The van der Waals surface area contributed by atoms with Crippen molar-refractivity contribution in [1.29, 1.82) is 0 Å².